The Kier molecular flexibility index (Phi) is 6.84. The lowest BCUT2D eigenvalue weighted by atomic mass is 10.2. The van der Waals surface area contributed by atoms with Crippen LogP contribution in [0.15, 0.2) is 64.7 Å². The molecule has 0 bridgehead atoms. The molecule has 0 saturated carbocycles. The molecule has 172 valence electrons. The third-order valence-electron chi connectivity index (χ3n) is 5.69. The number of rotatable bonds is 8. The molecule has 1 aliphatic heterocycles. The van der Waals surface area contributed by atoms with Crippen molar-refractivity contribution < 1.29 is 0 Å². The average molecular weight is 472 g/mol. The minimum atomic E-state index is 0.465. The molecule has 2 aromatic heterocycles. The van der Waals surface area contributed by atoms with E-state index in [9.17, 15) is 0 Å². The van der Waals surface area contributed by atoms with Crippen molar-refractivity contribution in [1.29, 1.82) is 5.26 Å². The highest BCUT2D eigenvalue weighted by molar-refractivity contribution is 7.99. The van der Waals surface area contributed by atoms with Crippen LogP contribution in [0.5, 0.6) is 0 Å². The maximum Gasteiger partial charge on any atom is 0.234 e. The van der Waals surface area contributed by atoms with Gasteiger partial charge in [0.1, 0.15) is 0 Å². The number of piperazine rings is 1. The second-order valence-corrected chi connectivity index (χ2v) is 9.05. The number of hydrogen-bond acceptors (Lipinski definition) is 9. The molecule has 0 unspecified atom stereocenters. The molecule has 1 fully saturated rings. The Morgan fingerprint density at radius 3 is 2.71 bits per heavy atom. The molecule has 0 atom stereocenters. The summed E-state index contributed by atoms with van der Waals surface area (Å²) >= 11 is 1.51. The maximum absolute atomic E-state index is 8.86. The quantitative estimate of drug-likeness (QED) is 0.506. The van der Waals surface area contributed by atoms with Gasteiger partial charge in [-0.15, -0.1) is 0 Å². The number of aromatic nitrogens is 5. The van der Waals surface area contributed by atoms with E-state index in [1.807, 2.05) is 36.4 Å². The van der Waals surface area contributed by atoms with Crippen molar-refractivity contribution in [2.24, 2.45) is 0 Å². The molecule has 2 aliphatic rings. The summed E-state index contributed by atoms with van der Waals surface area (Å²) in [4.78, 5) is 19.7. The van der Waals surface area contributed by atoms with Gasteiger partial charge in [0.15, 0.2) is 11.0 Å². The zero-order valence-electron chi connectivity index (χ0n) is 18.7. The van der Waals surface area contributed by atoms with Crippen LogP contribution in [0.1, 0.15) is 18.5 Å². The zero-order valence-corrected chi connectivity index (χ0v) is 19.5. The third kappa shape index (κ3) is 5.44. The fourth-order valence-electron chi connectivity index (χ4n) is 3.87. The van der Waals surface area contributed by atoms with Gasteiger partial charge in [-0.25, -0.2) is 0 Å². The summed E-state index contributed by atoms with van der Waals surface area (Å²) in [5, 5.41) is 20.2. The molecule has 5 rings (SSSR count). The average Bonchev–Trinajstić information content (AvgIpc) is 3.56. The van der Waals surface area contributed by atoms with E-state index in [1.54, 1.807) is 0 Å². The fraction of sp³-hybridized carbons (Fsp3) is 0.292. The van der Waals surface area contributed by atoms with Crippen molar-refractivity contribution in [2.75, 3.05) is 42.9 Å². The number of allylic oxidation sites excluding steroid dienone is 4. The smallest absolute Gasteiger partial charge is 0.234 e. The van der Waals surface area contributed by atoms with Crippen molar-refractivity contribution in [3.05, 3.63) is 60.3 Å². The molecule has 3 heterocycles. The van der Waals surface area contributed by atoms with Crippen LogP contribution < -0.4 is 10.2 Å². The Labute approximate surface area is 202 Å². The molecule has 0 amide bonds. The fourth-order valence-corrected chi connectivity index (χ4v) is 4.64. The second-order valence-electron chi connectivity index (χ2n) is 8.01. The number of hydrogen-bond donors (Lipinski definition) is 2. The van der Waals surface area contributed by atoms with Gasteiger partial charge in [-0.3, -0.25) is 10.00 Å². The highest BCUT2D eigenvalue weighted by Crippen LogP contribution is 2.28. The topological polar surface area (TPSA) is 110 Å². The predicted octanol–water partition coefficient (Wildman–Crippen LogP) is 3.87. The Hall–Kier alpha value is -3.68. The predicted molar refractivity (Wildman–Crippen MR) is 133 cm³/mol. The first-order chi connectivity index (χ1) is 16.8. The van der Waals surface area contributed by atoms with Crippen LogP contribution in [-0.4, -0.2) is 62.8 Å². The SMILES string of the molecule is N#CCCN1CCN(c2nc(Nc3cc(C4=CC=CC4)[nH]n3)nc(Sc3ccccc3)n2)CC1. The lowest BCUT2D eigenvalue weighted by Gasteiger charge is -2.34. The highest BCUT2D eigenvalue weighted by atomic mass is 32.2. The molecule has 9 nitrogen and oxygen atoms in total. The molecule has 1 aliphatic carbocycles. The summed E-state index contributed by atoms with van der Waals surface area (Å²) in [6.07, 6.45) is 7.71. The Morgan fingerprint density at radius 2 is 1.94 bits per heavy atom. The first-order valence-electron chi connectivity index (χ1n) is 11.3. The molecule has 34 heavy (non-hydrogen) atoms. The normalized spacial score (nSPS) is 15.9. The van der Waals surface area contributed by atoms with E-state index in [4.69, 9.17) is 15.2 Å². The number of nitriles is 1. The monoisotopic (exact) mass is 471 g/mol. The van der Waals surface area contributed by atoms with E-state index in [2.05, 4.69) is 54.6 Å². The minimum absolute atomic E-state index is 0.465. The largest absolute Gasteiger partial charge is 0.338 e. The summed E-state index contributed by atoms with van der Waals surface area (Å²) in [5.74, 6) is 1.78. The summed E-state index contributed by atoms with van der Waals surface area (Å²) in [7, 11) is 0. The van der Waals surface area contributed by atoms with E-state index in [1.165, 1.54) is 17.3 Å². The lowest BCUT2D eigenvalue weighted by molar-refractivity contribution is 0.262. The van der Waals surface area contributed by atoms with Crippen molar-refractivity contribution in [3.8, 4) is 6.07 Å². The van der Waals surface area contributed by atoms with Crippen molar-refractivity contribution >= 4 is 35.0 Å². The van der Waals surface area contributed by atoms with Crippen LogP contribution in [0.2, 0.25) is 0 Å². The van der Waals surface area contributed by atoms with Gasteiger partial charge in [0.05, 0.1) is 11.8 Å². The number of H-pyrrole nitrogens is 1. The first kappa shape index (κ1) is 22.1. The molecule has 2 N–H and O–H groups in total. The maximum atomic E-state index is 8.86. The summed E-state index contributed by atoms with van der Waals surface area (Å²) in [6, 6.07) is 14.3. The molecule has 0 spiro atoms. The van der Waals surface area contributed by atoms with Crippen LogP contribution in [0.3, 0.4) is 0 Å². The standard InChI is InChI=1S/C24H25N9S/c25-11-6-12-32-13-15-33(16-14-32)23-27-22(28-24(29-23)34-19-9-2-1-3-10-19)26-21-17-20(30-31-21)18-7-4-5-8-18/h1-5,7,9-10,17H,6,8,12-16H2,(H2,26,27,28,29,30,31). The first-order valence-corrected chi connectivity index (χ1v) is 12.1. The Balaban J connectivity index is 1.36. The minimum Gasteiger partial charge on any atom is -0.338 e. The molecule has 1 saturated heterocycles. The Morgan fingerprint density at radius 1 is 1.09 bits per heavy atom. The van der Waals surface area contributed by atoms with Gasteiger partial charge >= 0.3 is 0 Å². The number of nitrogens with zero attached hydrogens (tertiary/aromatic N) is 7. The molecule has 0 radical (unpaired) electrons. The van der Waals surface area contributed by atoms with Crippen LogP contribution in [0.4, 0.5) is 17.7 Å². The van der Waals surface area contributed by atoms with Gasteiger partial charge in [-0.05, 0) is 35.9 Å². The molecular weight excluding hydrogens is 446 g/mol. The summed E-state index contributed by atoms with van der Waals surface area (Å²) < 4.78 is 0. The van der Waals surface area contributed by atoms with Crippen molar-refractivity contribution in [2.45, 2.75) is 22.9 Å². The van der Waals surface area contributed by atoms with Crippen molar-refractivity contribution in [3.63, 3.8) is 0 Å². The van der Waals surface area contributed by atoms with E-state index in [0.717, 1.165) is 49.7 Å². The second kappa shape index (κ2) is 10.5. The van der Waals surface area contributed by atoms with Gasteiger partial charge < -0.3 is 10.2 Å². The molecular formula is C24H25N9S. The van der Waals surface area contributed by atoms with Crippen LogP contribution in [-0.2, 0) is 0 Å². The lowest BCUT2D eigenvalue weighted by Crippen LogP contribution is -2.47. The number of benzene rings is 1. The van der Waals surface area contributed by atoms with Crippen LogP contribution >= 0.6 is 11.8 Å². The van der Waals surface area contributed by atoms with E-state index >= 15 is 0 Å². The highest BCUT2D eigenvalue weighted by Gasteiger charge is 2.21. The van der Waals surface area contributed by atoms with Gasteiger partial charge in [0, 0.05) is 50.1 Å². The van der Waals surface area contributed by atoms with Gasteiger partial charge in [0.25, 0.3) is 0 Å². The van der Waals surface area contributed by atoms with Crippen LogP contribution in [0, 0.1) is 11.3 Å². The van der Waals surface area contributed by atoms with Crippen LogP contribution in [0.25, 0.3) is 5.57 Å². The van der Waals surface area contributed by atoms with E-state index in [-0.39, 0.29) is 0 Å². The van der Waals surface area contributed by atoms with Gasteiger partial charge in [-0.2, -0.15) is 25.3 Å². The van der Waals surface area contributed by atoms with Crippen molar-refractivity contribution in [1.82, 2.24) is 30.0 Å². The molecule has 1 aromatic carbocycles. The summed E-state index contributed by atoms with van der Waals surface area (Å²) in [6.45, 7) is 4.17. The third-order valence-corrected chi connectivity index (χ3v) is 6.56. The van der Waals surface area contributed by atoms with Gasteiger partial charge in [0.2, 0.25) is 11.9 Å². The molecule has 3 aromatic rings. The number of aromatic amines is 1. The van der Waals surface area contributed by atoms with Gasteiger partial charge in [-0.1, -0.05) is 36.4 Å². The van der Waals surface area contributed by atoms with E-state index in [0.29, 0.717) is 29.3 Å². The number of nitrogens with one attached hydrogen (secondary N) is 2. The number of anilines is 3. The Bertz CT molecular complexity index is 1220. The van der Waals surface area contributed by atoms with E-state index < -0.39 is 0 Å². The zero-order chi connectivity index (χ0) is 23.2. The summed E-state index contributed by atoms with van der Waals surface area (Å²) in [5.41, 5.74) is 2.18. The molecule has 10 heteroatoms.